The Morgan fingerprint density at radius 3 is 2.55 bits per heavy atom. The Hall–Kier alpha value is -1.04. The van der Waals surface area contributed by atoms with Crippen LogP contribution in [0.3, 0.4) is 0 Å². The van der Waals surface area contributed by atoms with Crippen LogP contribution in [-0.4, -0.2) is 38.1 Å². The molecule has 0 bridgehead atoms. The summed E-state index contributed by atoms with van der Waals surface area (Å²) in [6.07, 6.45) is 5.69. The monoisotopic (exact) mass is 348 g/mol. The molecule has 0 radical (unpaired) electrons. The number of nitrogens with zero attached hydrogens (tertiary/aromatic N) is 2. The quantitative estimate of drug-likeness (QED) is 0.858. The Balaban J connectivity index is 0.00000220. The van der Waals surface area contributed by atoms with Crippen molar-refractivity contribution in [3.8, 4) is 0 Å². The highest BCUT2D eigenvalue weighted by Crippen LogP contribution is 2.18. The van der Waals surface area contributed by atoms with Gasteiger partial charge in [0.25, 0.3) is 0 Å². The Morgan fingerprint density at radius 1 is 1.32 bits per heavy atom. The largest absolute Gasteiger partial charge is 0.376 e. The SMILES string of the molecule is CN(C)c1ccc(NC(=O)CCC2CCNCC2)nc1.Cl.Cl. The predicted molar refractivity (Wildman–Crippen MR) is 96.5 cm³/mol. The number of nitrogens with one attached hydrogen (secondary N) is 2. The van der Waals surface area contributed by atoms with Gasteiger partial charge in [-0.3, -0.25) is 4.79 Å². The fourth-order valence-electron chi connectivity index (χ4n) is 2.44. The summed E-state index contributed by atoms with van der Waals surface area (Å²) in [4.78, 5) is 18.1. The normalized spacial score (nSPS) is 14.5. The number of carbonyl (C=O) groups excluding carboxylic acids is 1. The number of rotatable bonds is 5. The summed E-state index contributed by atoms with van der Waals surface area (Å²) in [6, 6.07) is 3.80. The van der Waals surface area contributed by atoms with Crippen molar-refractivity contribution in [2.24, 2.45) is 5.92 Å². The average Bonchev–Trinajstić information content (AvgIpc) is 2.47. The van der Waals surface area contributed by atoms with Crippen LogP contribution in [-0.2, 0) is 4.79 Å². The first-order valence-corrected chi connectivity index (χ1v) is 7.29. The number of hydrogen-bond acceptors (Lipinski definition) is 4. The van der Waals surface area contributed by atoms with E-state index in [1.807, 2.05) is 31.1 Å². The maximum absolute atomic E-state index is 11.9. The van der Waals surface area contributed by atoms with Crippen molar-refractivity contribution in [1.82, 2.24) is 10.3 Å². The maximum Gasteiger partial charge on any atom is 0.225 e. The van der Waals surface area contributed by atoms with Gasteiger partial charge in [-0.05, 0) is 50.4 Å². The van der Waals surface area contributed by atoms with Crippen LogP contribution < -0.4 is 15.5 Å². The molecule has 0 aromatic carbocycles. The molecule has 0 saturated carbocycles. The molecule has 1 aromatic heterocycles. The molecule has 1 aliphatic heterocycles. The smallest absolute Gasteiger partial charge is 0.225 e. The molecule has 22 heavy (non-hydrogen) atoms. The minimum atomic E-state index is 0. The molecule has 1 aromatic rings. The van der Waals surface area contributed by atoms with Gasteiger partial charge in [-0.25, -0.2) is 4.98 Å². The van der Waals surface area contributed by atoms with E-state index in [4.69, 9.17) is 0 Å². The number of piperidine rings is 1. The maximum atomic E-state index is 11.9. The molecule has 2 rings (SSSR count). The molecule has 0 aliphatic carbocycles. The van der Waals surface area contributed by atoms with E-state index in [0.29, 0.717) is 18.2 Å². The Bertz CT molecular complexity index is 434. The second-order valence-corrected chi connectivity index (χ2v) is 5.58. The van der Waals surface area contributed by atoms with E-state index in [1.165, 1.54) is 12.8 Å². The van der Waals surface area contributed by atoms with Gasteiger partial charge >= 0.3 is 0 Å². The fraction of sp³-hybridized carbons (Fsp3) is 0.600. The van der Waals surface area contributed by atoms with Crippen molar-refractivity contribution in [2.45, 2.75) is 25.7 Å². The summed E-state index contributed by atoms with van der Waals surface area (Å²) in [5.41, 5.74) is 1.03. The summed E-state index contributed by atoms with van der Waals surface area (Å²) in [6.45, 7) is 2.17. The fourth-order valence-corrected chi connectivity index (χ4v) is 2.44. The Labute approximate surface area is 145 Å². The lowest BCUT2D eigenvalue weighted by atomic mass is 9.93. The van der Waals surface area contributed by atoms with Crippen LogP contribution >= 0.6 is 24.8 Å². The van der Waals surface area contributed by atoms with Gasteiger partial charge in [0.2, 0.25) is 5.91 Å². The zero-order chi connectivity index (χ0) is 14.4. The molecule has 7 heteroatoms. The van der Waals surface area contributed by atoms with Crippen molar-refractivity contribution < 1.29 is 4.79 Å². The molecule has 0 unspecified atom stereocenters. The zero-order valence-corrected chi connectivity index (χ0v) is 14.8. The highest BCUT2D eigenvalue weighted by molar-refractivity contribution is 5.89. The molecule has 1 saturated heterocycles. The van der Waals surface area contributed by atoms with Crippen molar-refractivity contribution in [1.29, 1.82) is 0 Å². The zero-order valence-electron chi connectivity index (χ0n) is 13.2. The van der Waals surface area contributed by atoms with E-state index in [9.17, 15) is 4.79 Å². The van der Waals surface area contributed by atoms with Crippen molar-refractivity contribution >= 4 is 42.2 Å². The molecule has 0 atom stereocenters. The molecule has 1 fully saturated rings. The standard InChI is InChI=1S/C15H24N4O.2ClH/c1-19(2)13-4-5-14(17-11-13)18-15(20)6-3-12-7-9-16-10-8-12;;/h4-5,11-12,16H,3,6-10H2,1-2H3,(H,17,18,20);2*1H. The first-order chi connectivity index (χ1) is 9.65. The molecule has 5 nitrogen and oxygen atoms in total. The molecule has 1 aliphatic rings. The number of amides is 1. The van der Waals surface area contributed by atoms with Gasteiger partial charge in [-0.2, -0.15) is 0 Å². The lowest BCUT2D eigenvalue weighted by Crippen LogP contribution is -2.28. The van der Waals surface area contributed by atoms with Crippen LogP contribution in [0, 0.1) is 5.92 Å². The first-order valence-electron chi connectivity index (χ1n) is 7.29. The highest BCUT2D eigenvalue weighted by atomic mass is 35.5. The molecular formula is C15H26Cl2N4O. The van der Waals surface area contributed by atoms with Crippen LogP contribution in [0.5, 0.6) is 0 Å². The molecule has 0 spiro atoms. The molecule has 2 N–H and O–H groups in total. The average molecular weight is 349 g/mol. The second kappa shape index (κ2) is 10.6. The topological polar surface area (TPSA) is 57.3 Å². The van der Waals surface area contributed by atoms with Crippen molar-refractivity contribution in [3.05, 3.63) is 18.3 Å². The number of carbonyl (C=O) groups is 1. The van der Waals surface area contributed by atoms with Gasteiger partial charge in [0.1, 0.15) is 5.82 Å². The third-order valence-corrected chi connectivity index (χ3v) is 3.77. The molecule has 1 amide bonds. The minimum Gasteiger partial charge on any atom is -0.376 e. The van der Waals surface area contributed by atoms with E-state index in [1.54, 1.807) is 6.20 Å². The number of halogens is 2. The number of anilines is 2. The summed E-state index contributed by atoms with van der Waals surface area (Å²) in [5.74, 6) is 1.38. The lowest BCUT2D eigenvalue weighted by molar-refractivity contribution is -0.116. The predicted octanol–water partition coefficient (Wildman–Crippen LogP) is 2.71. The Kier molecular flexibility index (Phi) is 10.1. The van der Waals surface area contributed by atoms with Crippen LogP contribution in [0.2, 0.25) is 0 Å². The van der Waals surface area contributed by atoms with Gasteiger partial charge in [-0.15, -0.1) is 24.8 Å². The second-order valence-electron chi connectivity index (χ2n) is 5.58. The van der Waals surface area contributed by atoms with Gasteiger partial charge in [-0.1, -0.05) is 0 Å². The summed E-state index contributed by atoms with van der Waals surface area (Å²) in [7, 11) is 3.93. The van der Waals surface area contributed by atoms with E-state index in [2.05, 4.69) is 15.6 Å². The van der Waals surface area contributed by atoms with Crippen LogP contribution in [0.25, 0.3) is 0 Å². The van der Waals surface area contributed by atoms with E-state index < -0.39 is 0 Å². The number of hydrogen-bond donors (Lipinski definition) is 2. The summed E-state index contributed by atoms with van der Waals surface area (Å²) < 4.78 is 0. The molecule has 2 heterocycles. The van der Waals surface area contributed by atoms with Gasteiger partial charge in [0, 0.05) is 20.5 Å². The van der Waals surface area contributed by atoms with Crippen molar-refractivity contribution in [2.75, 3.05) is 37.4 Å². The van der Waals surface area contributed by atoms with E-state index in [0.717, 1.165) is 25.2 Å². The summed E-state index contributed by atoms with van der Waals surface area (Å²) in [5, 5.41) is 6.21. The van der Waals surface area contributed by atoms with Gasteiger partial charge in [0.05, 0.1) is 11.9 Å². The third-order valence-electron chi connectivity index (χ3n) is 3.77. The first kappa shape index (κ1) is 21.0. The van der Waals surface area contributed by atoms with Gasteiger partial charge < -0.3 is 15.5 Å². The highest BCUT2D eigenvalue weighted by Gasteiger charge is 2.14. The molecular weight excluding hydrogens is 323 g/mol. The van der Waals surface area contributed by atoms with Crippen molar-refractivity contribution in [3.63, 3.8) is 0 Å². The van der Waals surface area contributed by atoms with Crippen LogP contribution in [0.1, 0.15) is 25.7 Å². The van der Waals surface area contributed by atoms with Gasteiger partial charge in [0.15, 0.2) is 0 Å². The number of pyridine rings is 1. The third kappa shape index (κ3) is 6.81. The lowest BCUT2D eigenvalue weighted by Gasteiger charge is -2.22. The van der Waals surface area contributed by atoms with E-state index >= 15 is 0 Å². The minimum absolute atomic E-state index is 0. The van der Waals surface area contributed by atoms with Crippen LogP contribution in [0.4, 0.5) is 11.5 Å². The summed E-state index contributed by atoms with van der Waals surface area (Å²) >= 11 is 0. The Morgan fingerprint density at radius 2 is 2.00 bits per heavy atom. The van der Waals surface area contributed by atoms with Crippen LogP contribution in [0.15, 0.2) is 18.3 Å². The number of aromatic nitrogens is 1. The van der Waals surface area contributed by atoms with E-state index in [-0.39, 0.29) is 30.7 Å². The molecule has 126 valence electrons.